The Hall–Kier alpha value is -1.82. The van der Waals surface area contributed by atoms with Crippen molar-refractivity contribution >= 4 is 27.7 Å². The summed E-state index contributed by atoms with van der Waals surface area (Å²) in [6.45, 7) is 4.14. The number of hydrogen-bond donors (Lipinski definition) is 2. The third-order valence-electron chi connectivity index (χ3n) is 2.90. The van der Waals surface area contributed by atoms with E-state index in [2.05, 4.69) is 31.4 Å². The van der Waals surface area contributed by atoms with E-state index in [-0.39, 0.29) is 12.3 Å². The molecular weight excluding hydrogens is 322 g/mol. The molecule has 0 aliphatic carbocycles. The summed E-state index contributed by atoms with van der Waals surface area (Å²) in [7, 11) is 0. The Labute approximate surface area is 125 Å². The summed E-state index contributed by atoms with van der Waals surface area (Å²) in [5, 5.41) is 9.62. The number of carbonyl (C=O) groups excluding carboxylic acids is 1. The number of carbonyl (C=O) groups is 1. The van der Waals surface area contributed by atoms with Crippen molar-refractivity contribution in [2.45, 2.75) is 20.3 Å². The maximum Gasteiger partial charge on any atom is 0.229 e. The second-order valence-electron chi connectivity index (χ2n) is 4.43. The van der Waals surface area contributed by atoms with Crippen molar-refractivity contribution in [3.8, 4) is 5.75 Å². The molecule has 0 aliphatic heterocycles. The number of aromatic nitrogens is 2. The number of rotatable bonds is 5. The number of aryl methyl sites for hydroxylation is 1. The molecule has 5 nitrogen and oxygen atoms in total. The van der Waals surface area contributed by atoms with Crippen LogP contribution < -0.4 is 10.1 Å². The SMILES string of the molecule is Cc1[nH]nc(NC(=O)CCOc2cccc(Br)c2)c1C. The van der Waals surface area contributed by atoms with Gasteiger partial charge in [-0.2, -0.15) is 5.10 Å². The highest BCUT2D eigenvalue weighted by atomic mass is 79.9. The number of halogens is 1. The Balaban J connectivity index is 1.80. The van der Waals surface area contributed by atoms with E-state index in [4.69, 9.17) is 4.74 Å². The van der Waals surface area contributed by atoms with Crippen molar-refractivity contribution in [2.75, 3.05) is 11.9 Å². The van der Waals surface area contributed by atoms with Crippen LogP contribution in [0.1, 0.15) is 17.7 Å². The van der Waals surface area contributed by atoms with E-state index in [1.54, 1.807) is 0 Å². The normalized spacial score (nSPS) is 10.3. The van der Waals surface area contributed by atoms with Crippen LogP contribution >= 0.6 is 15.9 Å². The van der Waals surface area contributed by atoms with Crippen LogP contribution in [0.3, 0.4) is 0 Å². The lowest BCUT2D eigenvalue weighted by Gasteiger charge is -2.06. The van der Waals surface area contributed by atoms with Gasteiger partial charge >= 0.3 is 0 Å². The topological polar surface area (TPSA) is 67.0 Å². The van der Waals surface area contributed by atoms with E-state index < -0.39 is 0 Å². The summed E-state index contributed by atoms with van der Waals surface area (Å²) in [6.07, 6.45) is 0.276. The number of anilines is 1. The Morgan fingerprint density at radius 3 is 2.90 bits per heavy atom. The first-order valence-electron chi connectivity index (χ1n) is 6.26. The lowest BCUT2D eigenvalue weighted by Crippen LogP contribution is -2.16. The number of hydrogen-bond acceptors (Lipinski definition) is 3. The molecule has 2 N–H and O–H groups in total. The highest BCUT2D eigenvalue weighted by Gasteiger charge is 2.09. The molecule has 1 aromatic carbocycles. The summed E-state index contributed by atoms with van der Waals surface area (Å²) >= 11 is 3.37. The Kier molecular flexibility index (Phi) is 4.79. The van der Waals surface area contributed by atoms with Crippen LogP contribution in [0, 0.1) is 13.8 Å². The van der Waals surface area contributed by atoms with E-state index >= 15 is 0 Å². The molecule has 0 saturated heterocycles. The van der Waals surface area contributed by atoms with Gasteiger partial charge in [0.2, 0.25) is 5.91 Å². The second kappa shape index (κ2) is 6.56. The molecule has 0 bridgehead atoms. The van der Waals surface area contributed by atoms with E-state index in [1.165, 1.54) is 0 Å². The zero-order valence-corrected chi connectivity index (χ0v) is 13.0. The zero-order valence-electron chi connectivity index (χ0n) is 11.4. The summed E-state index contributed by atoms with van der Waals surface area (Å²) in [4.78, 5) is 11.8. The maximum atomic E-state index is 11.8. The predicted molar refractivity (Wildman–Crippen MR) is 80.9 cm³/mol. The van der Waals surface area contributed by atoms with Crippen molar-refractivity contribution in [3.63, 3.8) is 0 Å². The van der Waals surface area contributed by atoms with E-state index in [9.17, 15) is 4.79 Å². The smallest absolute Gasteiger partial charge is 0.229 e. The van der Waals surface area contributed by atoms with Gasteiger partial charge in [0.15, 0.2) is 5.82 Å². The van der Waals surface area contributed by atoms with Crippen LogP contribution in [-0.2, 0) is 4.79 Å². The first kappa shape index (κ1) is 14.6. The first-order valence-corrected chi connectivity index (χ1v) is 7.05. The van der Waals surface area contributed by atoms with E-state index in [1.807, 2.05) is 38.1 Å². The molecule has 6 heteroatoms. The molecule has 1 heterocycles. The lowest BCUT2D eigenvalue weighted by molar-refractivity contribution is -0.116. The number of ether oxygens (including phenoxy) is 1. The molecule has 0 spiro atoms. The van der Waals surface area contributed by atoms with Crippen molar-refractivity contribution < 1.29 is 9.53 Å². The molecule has 0 radical (unpaired) electrons. The van der Waals surface area contributed by atoms with Gasteiger partial charge < -0.3 is 10.1 Å². The first-order chi connectivity index (χ1) is 9.56. The summed E-state index contributed by atoms with van der Waals surface area (Å²) in [5.41, 5.74) is 1.90. The molecule has 20 heavy (non-hydrogen) atoms. The molecular formula is C14H16BrN3O2. The highest BCUT2D eigenvalue weighted by Crippen LogP contribution is 2.18. The van der Waals surface area contributed by atoms with E-state index in [0.29, 0.717) is 12.4 Å². The van der Waals surface area contributed by atoms with Crippen LogP contribution in [0.2, 0.25) is 0 Å². The van der Waals surface area contributed by atoms with Gasteiger partial charge in [0, 0.05) is 15.7 Å². The fourth-order valence-electron chi connectivity index (χ4n) is 1.62. The van der Waals surface area contributed by atoms with Crippen LogP contribution in [0.15, 0.2) is 28.7 Å². The van der Waals surface area contributed by atoms with Crippen molar-refractivity contribution in [2.24, 2.45) is 0 Å². The van der Waals surface area contributed by atoms with Gasteiger partial charge in [-0.3, -0.25) is 9.89 Å². The Bertz CT molecular complexity index is 610. The van der Waals surface area contributed by atoms with Crippen LogP contribution in [0.5, 0.6) is 5.75 Å². The van der Waals surface area contributed by atoms with Gasteiger partial charge in [0.25, 0.3) is 0 Å². The number of nitrogens with one attached hydrogen (secondary N) is 2. The molecule has 1 aromatic heterocycles. The molecule has 2 rings (SSSR count). The number of H-pyrrole nitrogens is 1. The van der Waals surface area contributed by atoms with E-state index in [0.717, 1.165) is 21.5 Å². The number of aromatic amines is 1. The van der Waals surface area contributed by atoms with Gasteiger partial charge in [0.1, 0.15) is 5.75 Å². The fraction of sp³-hybridized carbons (Fsp3) is 0.286. The average molecular weight is 338 g/mol. The standard InChI is InChI=1S/C14H16BrN3O2/c1-9-10(2)17-18-14(9)16-13(19)6-7-20-12-5-3-4-11(15)8-12/h3-5,8H,6-7H2,1-2H3,(H2,16,17,18,19). The molecule has 2 aromatic rings. The summed E-state index contributed by atoms with van der Waals surface area (Å²) in [5.74, 6) is 1.20. The third-order valence-corrected chi connectivity index (χ3v) is 3.40. The number of amides is 1. The molecule has 1 amide bonds. The van der Waals surface area contributed by atoms with Gasteiger partial charge in [-0.05, 0) is 32.0 Å². The lowest BCUT2D eigenvalue weighted by atomic mass is 10.3. The molecule has 0 fully saturated rings. The quantitative estimate of drug-likeness (QED) is 0.880. The minimum atomic E-state index is -0.116. The zero-order chi connectivity index (χ0) is 14.5. The summed E-state index contributed by atoms with van der Waals surface area (Å²) < 4.78 is 6.46. The minimum Gasteiger partial charge on any atom is -0.493 e. The third kappa shape index (κ3) is 3.84. The van der Waals surface area contributed by atoms with Crippen LogP contribution in [0.25, 0.3) is 0 Å². The average Bonchev–Trinajstić information content (AvgIpc) is 2.71. The van der Waals surface area contributed by atoms with Gasteiger partial charge in [0.05, 0.1) is 13.0 Å². The maximum absolute atomic E-state index is 11.8. The molecule has 0 atom stereocenters. The minimum absolute atomic E-state index is 0.116. The molecule has 0 aliphatic rings. The number of benzene rings is 1. The molecule has 106 valence electrons. The predicted octanol–water partition coefficient (Wildman–Crippen LogP) is 3.20. The molecule has 0 unspecified atom stereocenters. The monoisotopic (exact) mass is 337 g/mol. The van der Waals surface area contributed by atoms with Crippen molar-refractivity contribution in [1.82, 2.24) is 10.2 Å². The Morgan fingerprint density at radius 1 is 1.45 bits per heavy atom. The van der Waals surface area contributed by atoms with Gasteiger partial charge in [-0.15, -0.1) is 0 Å². The van der Waals surface area contributed by atoms with Crippen LogP contribution in [-0.4, -0.2) is 22.7 Å². The summed E-state index contributed by atoms with van der Waals surface area (Å²) in [6, 6.07) is 7.51. The fourth-order valence-corrected chi connectivity index (χ4v) is 2.00. The second-order valence-corrected chi connectivity index (χ2v) is 5.34. The largest absolute Gasteiger partial charge is 0.493 e. The van der Waals surface area contributed by atoms with Crippen LogP contribution in [0.4, 0.5) is 5.82 Å². The molecule has 0 saturated carbocycles. The Morgan fingerprint density at radius 2 is 2.25 bits per heavy atom. The van der Waals surface area contributed by atoms with Gasteiger partial charge in [-0.25, -0.2) is 0 Å². The van der Waals surface area contributed by atoms with Crippen molar-refractivity contribution in [1.29, 1.82) is 0 Å². The highest BCUT2D eigenvalue weighted by molar-refractivity contribution is 9.10. The van der Waals surface area contributed by atoms with Gasteiger partial charge in [-0.1, -0.05) is 22.0 Å². The van der Waals surface area contributed by atoms with Crippen molar-refractivity contribution in [3.05, 3.63) is 40.0 Å². The number of nitrogens with zero attached hydrogens (tertiary/aromatic N) is 1.